The monoisotopic (exact) mass is 484 g/mol. The number of hydrogen-bond acceptors (Lipinski definition) is 4. The molecule has 1 aromatic rings. The van der Waals surface area contributed by atoms with Crippen molar-refractivity contribution in [1.82, 2.24) is 0 Å². The lowest BCUT2D eigenvalue weighted by molar-refractivity contribution is -0.399. The van der Waals surface area contributed by atoms with E-state index >= 15 is 0 Å². The van der Waals surface area contributed by atoms with Gasteiger partial charge in [-0.15, -0.1) is 0 Å². The average molecular weight is 485 g/mol. The Kier molecular flexibility index (Phi) is 13.2. The van der Waals surface area contributed by atoms with Crippen LogP contribution in [-0.4, -0.2) is 32.9 Å². The molecule has 4 nitrogen and oxygen atoms in total. The van der Waals surface area contributed by atoms with Crippen LogP contribution in [0.5, 0.6) is 5.75 Å². The van der Waals surface area contributed by atoms with Crippen molar-refractivity contribution in [2.75, 3.05) is 20.8 Å². The van der Waals surface area contributed by atoms with Crippen LogP contribution in [0.15, 0.2) is 0 Å². The fourth-order valence-corrected chi connectivity index (χ4v) is 3.82. The van der Waals surface area contributed by atoms with Gasteiger partial charge in [-0.25, -0.2) is 13.2 Å². The Labute approximate surface area is 193 Å². The first-order valence-electron chi connectivity index (χ1n) is 11.6. The normalized spacial score (nSPS) is 13.1. The summed E-state index contributed by atoms with van der Waals surface area (Å²) in [7, 11) is 2.96. The highest BCUT2D eigenvalue weighted by Gasteiger charge is 2.41. The zero-order valence-electron chi connectivity index (χ0n) is 20.2. The van der Waals surface area contributed by atoms with E-state index in [1.54, 1.807) is 0 Å². The lowest BCUT2D eigenvalue weighted by atomic mass is 9.93. The van der Waals surface area contributed by atoms with Gasteiger partial charge in [0.15, 0.2) is 5.75 Å². The van der Waals surface area contributed by atoms with Crippen molar-refractivity contribution in [3.05, 3.63) is 29.1 Å². The maximum absolute atomic E-state index is 13.8. The summed E-state index contributed by atoms with van der Waals surface area (Å²) in [4.78, 5) is 0. The third kappa shape index (κ3) is 8.37. The molecular formula is C24H37F5O4. The number of methoxy groups -OCH3 is 2. The lowest BCUT2D eigenvalue weighted by Gasteiger charge is -2.39. The quantitative estimate of drug-likeness (QED) is 0.0766. The molecule has 9 heteroatoms. The fourth-order valence-electron chi connectivity index (χ4n) is 3.82. The van der Waals surface area contributed by atoms with E-state index in [0.29, 0.717) is 12.8 Å². The van der Waals surface area contributed by atoms with Gasteiger partial charge in [-0.05, 0) is 33.1 Å². The van der Waals surface area contributed by atoms with E-state index in [-0.39, 0.29) is 25.0 Å². The maximum atomic E-state index is 13.8. The molecule has 192 valence electrons. The van der Waals surface area contributed by atoms with E-state index in [1.807, 2.05) is 13.8 Å². The molecule has 1 aromatic carbocycles. The number of rotatable bonds is 17. The van der Waals surface area contributed by atoms with Crippen LogP contribution in [0.4, 0.5) is 22.0 Å². The van der Waals surface area contributed by atoms with Crippen molar-refractivity contribution in [1.29, 1.82) is 0 Å². The van der Waals surface area contributed by atoms with Crippen molar-refractivity contribution >= 4 is 0 Å². The first-order chi connectivity index (χ1) is 15.6. The molecule has 0 radical (unpaired) electrons. The number of hydrogen-bond donors (Lipinski definition) is 0. The molecule has 0 saturated carbocycles. The number of benzene rings is 1. The molecule has 0 aliphatic rings. The SMILES string of the molecule is CCCCCCCCC(CCCOc1c(F)c(F)c(F)c(F)c1F)C(OC)(OC)OC(C)C. The molecule has 0 fully saturated rings. The largest absolute Gasteiger partial charge is 0.487 e. The summed E-state index contributed by atoms with van der Waals surface area (Å²) in [5.41, 5.74) is 0. The van der Waals surface area contributed by atoms with Gasteiger partial charge in [0.05, 0.1) is 12.7 Å². The minimum absolute atomic E-state index is 0.193. The smallest absolute Gasteiger partial charge is 0.285 e. The van der Waals surface area contributed by atoms with Crippen LogP contribution in [0, 0.1) is 35.0 Å². The van der Waals surface area contributed by atoms with Gasteiger partial charge in [0.1, 0.15) is 0 Å². The molecule has 1 unspecified atom stereocenters. The second kappa shape index (κ2) is 14.7. The van der Waals surface area contributed by atoms with Crippen LogP contribution in [0.3, 0.4) is 0 Å². The molecular weight excluding hydrogens is 447 g/mol. The Morgan fingerprint density at radius 1 is 0.697 bits per heavy atom. The number of ether oxygens (including phenoxy) is 4. The summed E-state index contributed by atoms with van der Waals surface area (Å²) < 4.78 is 89.7. The molecule has 0 aliphatic heterocycles. The first kappa shape index (κ1) is 29.6. The second-order valence-corrected chi connectivity index (χ2v) is 8.32. The molecule has 33 heavy (non-hydrogen) atoms. The Hall–Kier alpha value is -1.45. The molecule has 0 bridgehead atoms. The van der Waals surface area contributed by atoms with Gasteiger partial charge in [-0.1, -0.05) is 45.4 Å². The standard InChI is InChI=1S/C24H37F5O4/c1-6-7-8-9-10-11-13-17(24(30-4,31-5)33-16(2)3)14-12-15-32-23-21(28)19(26)18(25)20(27)22(23)29/h16-17H,6-15H2,1-5H3. The molecule has 1 atom stereocenters. The van der Waals surface area contributed by atoms with Crippen LogP contribution in [0.25, 0.3) is 0 Å². The van der Waals surface area contributed by atoms with Crippen LogP contribution < -0.4 is 4.74 Å². The van der Waals surface area contributed by atoms with Gasteiger partial charge >= 0.3 is 0 Å². The Bertz CT molecular complexity index is 682. The van der Waals surface area contributed by atoms with E-state index in [9.17, 15) is 22.0 Å². The number of halogens is 5. The fraction of sp³-hybridized carbons (Fsp3) is 0.750. The lowest BCUT2D eigenvalue weighted by Crippen LogP contribution is -2.46. The zero-order valence-corrected chi connectivity index (χ0v) is 20.2. The summed E-state index contributed by atoms with van der Waals surface area (Å²) in [6, 6.07) is 0. The highest BCUT2D eigenvalue weighted by Crippen LogP contribution is 2.34. The van der Waals surface area contributed by atoms with Gasteiger partial charge in [0, 0.05) is 20.1 Å². The molecule has 0 amide bonds. The first-order valence-corrected chi connectivity index (χ1v) is 11.6. The second-order valence-electron chi connectivity index (χ2n) is 8.32. The van der Waals surface area contributed by atoms with Crippen molar-refractivity contribution in [2.24, 2.45) is 5.92 Å². The Morgan fingerprint density at radius 3 is 1.70 bits per heavy atom. The molecule has 0 heterocycles. The molecule has 1 rings (SSSR count). The summed E-state index contributed by atoms with van der Waals surface area (Å²) in [5, 5.41) is 0. The minimum atomic E-state index is -2.22. The van der Waals surface area contributed by atoms with Gasteiger partial charge in [0.25, 0.3) is 5.97 Å². The predicted octanol–water partition coefficient (Wildman–Crippen LogP) is 7.28. The van der Waals surface area contributed by atoms with Gasteiger partial charge < -0.3 is 18.9 Å². The Morgan fingerprint density at radius 2 is 1.18 bits per heavy atom. The predicted molar refractivity (Wildman–Crippen MR) is 115 cm³/mol. The molecule has 0 aromatic heterocycles. The topological polar surface area (TPSA) is 36.9 Å². The van der Waals surface area contributed by atoms with E-state index in [0.717, 1.165) is 25.7 Å². The molecule has 0 N–H and O–H groups in total. The minimum Gasteiger partial charge on any atom is -0.487 e. The summed E-state index contributed by atoms with van der Waals surface area (Å²) >= 11 is 0. The maximum Gasteiger partial charge on any atom is 0.285 e. The Balaban J connectivity index is 2.83. The van der Waals surface area contributed by atoms with Crippen LogP contribution in [0.2, 0.25) is 0 Å². The molecule has 0 aliphatic carbocycles. The zero-order chi connectivity index (χ0) is 25.0. The molecule has 0 spiro atoms. The highest BCUT2D eigenvalue weighted by atomic mass is 19.2. The van der Waals surface area contributed by atoms with Crippen molar-refractivity contribution in [2.45, 2.75) is 90.6 Å². The van der Waals surface area contributed by atoms with Crippen molar-refractivity contribution < 1.29 is 40.9 Å². The molecule has 0 saturated heterocycles. The third-order valence-electron chi connectivity index (χ3n) is 5.49. The third-order valence-corrected chi connectivity index (χ3v) is 5.49. The van der Waals surface area contributed by atoms with Gasteiger partial charge in [-0.3, -0.25) is 0 Å². The summed E-state index contributed by atoms with van der Waals surface area (Å²) in [6.45, 7) is 5.59. The van der Waals surface area contributed by atoms with E-state index < -0.39 is 40.8 Å². The van der Waals surface area contributed by atoms with Crippen molar-refractivity contribution in [3.63, 3.8) is 0 Å². The summed E-state index contributed by atoms with van der Waals surface area (Å²) in [5.74, 6) is -13.1. The van der Waals surface area contributed by atoms with Crippen molar-refractivity contribution in [3.8, 4) is 5.75 Å². The van der Waals surface area contributed by atoms with E-state index in [2.05, 4.69) is 6.92 Å². The highest BCUT2D eigenvalue weighted by molar-refractivity contribution is 5.29. The van der Waals surface area contributed by atoms with E-state index in [1.165, 1.54) is 27.1 Å². The van der Waals surface area contributed by atoms with Gasteiger partial charge in [-0.2, -0.15) is 8.78 Å². The van der Waals surface area contributed by atoms with E-state index in [4.69, 9.17) is 18.9 Å². The van der Waals surface area contributed by atoms with Crippen LogP contribution in [0.1, 0.15) is 78.6 Å². The van der Waals surface area contributed by atoms with Crippen LogP contribution >= 0.6 is 0 Å². The average Bonchev–Trinajstić information content (AvgIpc) is 2.80. The summed E-state index contributed by atoms with van der Waals surface area (Å²) in [6.07, 6.45) is 7.77. The van der Waals surface area contributed by atoms with Crippen LogP contribution in [-0.2, 0) is 14.2 Å². The van der Waals surface area contributed by atoms with Gasteiger partial charge in [0.2, 0.25) is 29.1 Å². The number of unbranched alkanes of at least 4 members (excludes halogenated alkanes) is 5.